The molecule has 0 radical (unpaired) electrons. The average molecular weight is 460 g/mol. The first kappa shape index (κ1) is 22.9. The van der Waals surface area contributed by atoms with Gasteiger partial charge in [0.25, 0.3) is 0 Å². The molecule has 1 aliphatic heterocycles. The second kappa shape index (κ2) is 9.59. The second-order valence-electron chi connectivity index (χ2n) is 6.86. The Bertz CT molecular complexity index is 1110. The SMILES string of the molecule is NS(=O)(=O)c1ccc(C2=NC(O)(CO)CN2c2ccc(Cl)cc2)cc1.c1ccccc1. The number of nitrogens with two attached hydrogens (primary N) is 1. The van der Waals surface area contributed by atoms with E-state index in [0.717, 1.165) is 5.69 Å². The summed E-state index contributed by atoms with van der Waals surface area (Å²) >= 11 is 5.91. The molecule has 0 amide bonds. The number of aliphatic hydroxyl groups excluding tert-OH is 1. The lowest BCUT2D eigenvalue weighted by Gasteiger charge is -2.23. The number of primary sulfonamides is 1. The quantitative estimate of drug-likeness (QED) is 0.554. The number of hydrogen-bond acceptors (Lipinski definition) is 6. The molecule has 0 fully saturated rings. The summed E-state index contributed by atoms with van der Waals surface area (Å²) in [6, 6.07) is 24.8. The van der Waals surface area contributed by atoms with Crippen LogP contribution in [0.2, 0.25) is 5.02 Å². The topological polar surface area (TPSA) is 116 Å². The van der Waals surface area contributed by atoms with Crippen LogP contribution in [0, 0.1) is 0 Å². The Balaban J connectivity index is 0.000000391. The minimum absolute atomic E-state index is 0.0229. The number of anilines is 1. The molecule has 3 aromatic rings. The predicted molar refractivity (Wildman–Crippen MR) is 122 cm³/mol. The Morgan fingerprint density at radius 2 is 1.48 bits per heavy atom. The van der Waals surface area contributed by atoms with Crippen molar-refractivity contribution in [3.05, 3.63) is 95.5 Å². The molecular weight excluding hydrogens is 438 g/mol. The van der Waals surface area contributed by atoms with Gasteiger partial charge < -0.3 is 15.1 Å². The summed E-state index contributed by atoms with van der Waals surface area (Å²) in [4.78, 5) is 5.91. The molecule has 1 aliphatic rings. The summed E-state index contributed by atoms with van der Waals surface area (Å²) in [5.74, 6) is 0.403. The van der Waals surface area contributed by atoms with Gasteiger partial charge >= 0.3 is 0 Å². The zero-order valence-electron chi connectivity index (χ0n) is 16.5. The van der Waals surface area contributed by atoms with Crippen molar-refractivity contribution in [1.82, 2.24) is 0 Å². The zero-order chi connectivity index (χ0) is 22.5. The Hall–Kier alpha value is -2.75. The molecule has 0 bridgehead atoms. The highest BCUT2D eigenvalue weighted by molar-refractivity contribution is 7.89. The summed E-state index contributed by atoms with van der Waals surface area (Å²) in [5.41, 5.74) is -0.345. The van der Waals surface area contributed by atoms with Gasteiger partial charge in [-0.15, -0.1) is 0 Å². The smallest absolute Gasteiger partial charge is 0.238 e. The van der Waals surface area contributed by atoms with E-state index in [1.54, 1.807) is 41.3 Å². The molecule has 3 aromatic carbocycles. The summed E-state index contributed by atoms with van der Waals surface area (Å²) in [6.07, 6.45) is 0. The Morgan fingerprint density at radius 3 is 1.94 bits per heavy atom. The first-order valence-electron chi connectivity index (χ1n) is 9.31. The number of benzene rings is 3. The molecule has 4 N–H and O–H groups in total. The summed E-state index contributed by atoms with van der Waals surface area (Å²) in [6.45, 7) is -0.493. The van der Waals surface area contributed by atoms with Crippen LogP contribution >= 0.6 is 11.6 Å². The lowest BCUT2D eigenvalue weighted by atomic mass is 10.1. The number of rotatable bonds is 4. The number of hydrogen-bond donors (Lipinski definition) is 3. The third kappa shape index (κ3) is 5.90. The molecule has 0 aliphatic carbocycles. The lowest BCUT2D eigenvalue weighted by Crippen LogP contribution is -2.38. The van der Waals surface area contributed by atoms with E-state index in [1.807, 2.05) is 36.4 Å². The number of aliphatic hydroxyl groups is 2. The van der Waals surface area contributed by atoms with Gasteiger partial charge in [0.05, 0.1) is 18.0 Å². The Labute approximate surface area is 186 Å². The third-order valence-corrected chi connectivity index (χ3v) is 5.66. The molecule has 7 nitrogen and oxygen atoms in total. The fraction of sp³-hybridized carbons (Fsp3) is 0.136. The van der Waals surface area contributed by atoms with Crippen LogP contribution in [-0.4, -0.2) is 43.3 Å². The molecule has 31 heavy (non-hydrogen) atoms. The second-order valence-corrected chi connectivity index (χ2v) is 8.86. The minimum atomic E-state index is -3.80. The van der Waals surface area contributed by atoms with Crippen LogP contribution in [-0.2, 0) is 10.0 Å². The minimum Gasteiger partial charge on any atom is -0.391 e. The van der Waals surface area contributed by atoms with E-state index >= 15 is 0 Å². The Kier molecular flexibility index (Phi) is 7.09. The maximum atomic E-state index is 11.4. The van der Waals surface area contributed by atoms with Crippen molar-refractivity contribution in [3.63, 3.8) is 0 Å². The van der Waals surface area contributed by atoms with Crippen LogP contribution in [0.4, 0.5) is 5.69 Å². The van der Waals surface area contributed by atoms with Gasteiger partial charge in [0.1, 0.15) is 5.84 Å². The number of sulfonamides is 1. The molecular formula is C22H22ClN3O4S. The van der Waals surface area contributed by atoms with Crippen LogP contribution in [0.15, 0.2) is 94.8 Å². The highest BCUT2D eigenvalue weighted by Gasteiger charge is 2.38. The molecule has 0 saturated carbocycles. The van der Waals surface area contributed by atoms with Crippen LogP contribution in [0.25, 0.3) is 0 Å². The summed E-state index contributed by atoms with van der Waals surface area (Å²) in [7, 11) is -3.80. The van der Waals surface area contributed by atoms with E-state index in [-0.39, 0.29) is 11.4 Å². The van der Waals surface area contributed by atoms with E-state index in [1.165, 1.54) is 12.1 Å². The summed E-state index contributed by atoms with van der Waals surface area (Å²) in [5, 5.41) is 25.5. The Morgan fingerprint density at radius 1 is 0.968 bits per heavy atom. The number of β-amino-alcohol motifs (C(OH)–C–C–N with tert-alkyl or cyclic N) is 1. The van der Waals surface area contributed by atoms with Gasteiger partial charge in [0, 0.05) is 16.3 Å². The molecule has 9 heteroatoms. The van der Waals surface area contributed by atoms with Gasteiger partial charge in [0.15, 0.2) is 5.72 Å². The first-order valence-corrected chi connectivity index (χ1v) is 11.2. The molecule has 1 unspecified atom stereocenters. The molecule has 1 atom stereocenters. The monoisotopic (exact) mass is 459 g/mol. The van der Waals surface area contributed by atoms with Crippen molar-refractivity contribution in [1.29, 1.82) is 0 Å². The molecule has 1 heterocycles. The van der Waals surface area contributed by atoms with Crippen molar-refractivity contribution in [2.75, 3.05) is 18.1 Å². The number of amidine groups is 1. The summed E-state index contributed by atoms with van der Waals surface area (Å²) < 4.78 is 22.8. The fourth-order valence-corrected chi connectivity index (χ4v) is 3.58. The maximum Gasteiger partial charge on any atom is 0.238 e. The van der Waals surface area contributed by atoms with Crippen molar-refractivity contribution >= 4 is 33.1 Å². The highest BCUT2D eigenvalue weighted by atomic mass is 35.5. The number of halogens is 1. The van der Waals surface area contributed by atoms with Gasteiger partial charge in [-0.05, 0) is 48.5 Å². The van der Waals surface area contributed by atoms with Gasteiger partial charge in [-0.25, -0.2) is 18.5 Å². The first-order chi connectivity index (χ1) is 14.7. The fourth-order valence-electron chi connectivity index (χ4n) is 2.94. The van der Waals surface area contributed by atoms with E-state index in [0.29, 0.717) is 16.4 Å². The van der Waals surface area contributed by atoms with Gasteiger partial charge in [0.2, 0.25) is 10.0 Å². The molecule has 0 saturated heterocycles. The van der Waals surface area contributed by atoms with Crippen LogP contribution in [0.1, 0.15) is 5.56 Å². The van der Waals surface area contributed by atoms with E-state index < -0.39 is 22.4 Å². The lowest BCUT2D eigenvalue weighted by molar-refractivity contribution is 0.00794. The highest BCUT2D eigenvalue weighted by Crippen LogP contribution is 2.29. The zero-order valence-corrected chi connectivity index (χ0v) is 18.0. The van der Waals surface area contributed by atoms with Gasteiger partial charge in [-0.1, -0.05) is 48.0 Å². The third-order valence-electron chi connectivity index (χ3n) is 4.48. The average Bonchev–Trinajstić information content (AvgIpc) is 3.14. The van der Waals surface area contributed by atoms with E-state index in [4.69, 9.17) is 16.7 Å². The van der Waals surface area contributed by atoms with Crippen molar-refractivity contribution in [2.45, 2.75) is 10.6 Å². The largest absolute Gasteiger partial charge is 0.391 e. The normalized spacial score (nSPS) is 18.2. The van der Waals surface area contributed by atoms with Gasteiger partial charge in [-0.3, -0.25) is 0 Å². The van der Waals surface area contributed by atoms with Crippen molar-refractivity contribution in [2.24, 2.45) is 10.1 Å². The van der Waals surface area contributed by atoms with Crippen LogP contribution < -0.4 is 10.0 Å². The molecule has 162 valence electrons. The maximum absolute atomic E-state index is 11.4. The van der Waals surface area contributed by atoms with E-state index in [9.17, 15) is 18.6 Å². The van der Waals surface area contributed by atoms with Crippen LogP contribution in [0.3, 0.4) is 0 Å². The predicted octanol–water partition coefficient (Wildman–Crippen LogP) is 2.62. The van der Waals surface area contributed by atoms with Crippen molar-refractivity contribution < 1.29 is 18.6 Å². The molecule has 4 rings (SSSR count). The molecule has 0 aromatic heterocycles. The standard InChI is InChI=1S/C16H16ClN3O4S.C6H6/c17-12-3-5-13(6-4-12)20-9-16(22,10-21)19-15(20)11-1-7-14(8-2-11)25(18,23)24;1-2-4-6-5-3-1/h1-8,21-22H,9-10H2,(H2,18,23,24);1-6H. The van der Waals surface area contributed by atoms with E-state index in [2.05, 4.69) is 4.99 Å². The number of aliphatic imine (C=N–C) groups is 1. The number of nitrogens with zero attached hydrogens (tertiary/aromatic N) is 2. The van der Waals surface area contributed by atoms with Crippen LogP contribution in [0.5, 0.6) is 0 Å². The van der Waals surface area contributed by atoms with Gasteiger partial charge in [-0.2, -0.15) is 0 Å². The molecule has 0 spiro atoms. The van der Waals surface area contributed by atoms with Crippen molar-refractivity contribution in [3.8, 4) is 0 Å².